The van der Waals surface area contributed by atoms with Gasteiger partial charge in [0.05, 0.1) is 21.3 Å². The average molecular weight is 665 g/mol. The van der Waals surface area contributed by atoms with Crippen LogP contribution in [0.4, 0.5) is 4.79 Å². The van der Waals surface area contributed by atoms with Crippen molar-refractivity contribution in [2.45, 2.75) is 49.8 Å². The molecular formula is C35H40N2O9S. The Hall–Kier alpha value is -4.71. The standard InChI is InChI=1S/C35H40N2O9S/c1-43-22-18-30(44-2)28(31(19-22)45-3)21-47-33(39)16-15-32(38)36-17-9-8-14-29(34(40)41)37-35(42)46-20-27-25-12-6-4-10-23(25)24-11-5-7-13-26(24)27/h4-7,10-13,18-19,27,29H,8-9,14-17,20-21H2,1-3H3,(H,36,38)(H,37,42)(H,40,41)/t29-/m0/s1. The molecule has 0 radical (unpaired) electrons. The second-order valence-corrected chi connectivity index (χ2v) is 11.9. The molecule has 1 aliphatic carbocycles. The molecule has 3 N–H and O–H groups in total. The van der Waals surface area contributed by atoms with Crippen molar-refractivity contribution in [3.63, 3.8) is 0 Å². The highest BCUT2D eigenvalue weighted by molar-refractivity contribution is 8.12. The van der Waals surface area contributed by atoms with Crippen LogP contribution >= 0.6 is 11.8 Å². The number of carboxylic acids is 1. The van der Waals surface area contributed by atoms with Crippen LogP contribution in [0.2, 0.25) is 0 Å². The van der Waals surface area contributed by atoms with E-state index in [0.717, 1.165) is 34.0 Å². The van der Waals surface area contributed by atoms with Crippen LogP contribution in [0.15, 0.2) is 60.7 Å². The van der Waals surface area contributed by atoms with E-state index in [1.165, 1.54) is 21.3 Å². The first-order chi connectivity index (χ1) is 22.7. The number of rotatable bonds is 17. The zero-order valence-corrected chi connectivity index (χ0v) is 27.5. The minimum Gasteiger partial charge on any atom is -0.496 e. The lowest BCUT2D eigenvalue weighted by molar-refractivity contribution is -0.139. The minimum absolute atomic E-state index is 0.0316. The summed E-state index contributed by atoms with van der Waals surface area (Å²) in [6.45, 7) is 0.404. The highest BCUT2D eigenvalue weighted by atomic mass is 32.2. The number of ether oxygens (including phenoxy) is 4. The van der Waals surface area contributed by atoms with Crippen LogP contribution in [-0.2, 0) is 24.9 Å². The highest BCUT2D eigenvalue weighted by Crippen LogP contribution is 2.44. The molecule has 0 saturated carbocycles. The molecule has 4 rings (SSSR count). The number of benzene rings is 3. The van der Waals surface area contributed by atoms with E-state index in [1.807, 2.05) is 48.5 Å². The second-order valence-electron chi connectivity index (χ2n) is 10.9. The molecular weight excluding hydrogens is 624 g/mol. The van der Waals surface area contributed by atoms with Crippen molar-refractivity contribution in [2.24, 2.45) is 0 Å². The molecule has 0 saturated heterocycles. The Labute approximate surface area is 278 Å². The number of methoxy groups -OCH3 is 3. The molecule has 1 aliphatic rings. The van der Waals surface area contributed by atoms with Crippen LogP contribution in [0.25, 0.3) is 11.1 Å². The number of hydrogen-bond donors (Lipinski definition) is 3. The molecule has 3 aromatic rings. The number of aliphatic carboxylic acids is 1. The maximum absolute atomic E-state index is 12.6. The van der Waals surface area contributed by atoms with Crippen LogP contribution in [0.1, 0.15) is 54.7 Å². The monoisotopic (exact) mass is 664 g/mol. The van der Waals surface area contributed by atoms with Crippen molar-refractivity contribution >= 4 is 34.8 Å². The first-order valence-corrected chi connectivity index (χ1v) is 16.3. The summed E-state index contributed by atoms with van der Waals surface area (Å²) in [7, 11) is 4.59. The van der Waals surface area contributed by atoms with Gasteiger partial charge in [-0.15, -0.1) is 0 Å². The van der Waals surface area contributed by atoms with E-state index < -0.39 is 18.1 Å². The minimum atomic E-state index is -1.16. The quantitative estimate of drug-likeness (QED) is 0.157. The molecule has 12 heteroatoms. The molecule has 2 amide bonds. The molecule has 1 atom stereocenters. The summed E-state index contributed by atoms with van der Waals surface area (Å²) in [6, 6.07) is 18.2. The van der Waals surface area contributed by atoms with E-state index in [9.17, 15) is 24.3 Å². The first kappa shape index (κ1) is 35.1. The summed E-state index contributed by atoms with van der Waals surface area (Å²) in [5.74, 6) is 0.394. The predicted molar refractivity (Wildman–Crippen MR) is 178 cm³/mol. The SMILES string of the molecule is COc1cc(OC)c(CSC(=O)CCC(=O)NCCCC[C@H](NC(=O)OCC2c3ccccc3-c3ccccc32)C(=O)O)c(OC)c1. The van der Waals surface area contributed by atoms with Crippen molar-refractivity contribution in [2.75, 3.05) is 34.5 Å². The van der Waals surface area contributed by atoms with Crippen molar-refractivity contribution in [3.05, 3.63) is 77.4 Å². The van der Waals surface area contributed by atoms with Crippen LogP contribution in [0.3, 0.4) is 0 Å². The first-order valence-electron chi connectivity index (χ1n) is 15.3. The smallest absolute Gasteiger partial charge is 0.407 e. The fourth-order valence-corrected chi connectivity index (χ4v) is 6.33. The molecule has 0 fully saturated rings. The topological polar surface area (TPSA) is 149 Å². The maximum Gasteiger partial charge on any atom is 0.407 e. The van der Waals surface area contributed by atoms with Crippen LogP contribution in [-0.4, -0.2) is 68.7 Å². The van der Waals surface area contributed by atoms with Gasteiger partial charge in [0.2, 0.25) is 5.91 Å². The Morgan fingerprint density at radius 2 is 1.47 bits per heavy atom. The Morgan fingerprint density at radius 3 is 2.04 bits per heavy atom. The molecule has 0 heterocycles. The van der Waals surface area contributed by atoms with Gasteiger partial charge in [-0.3, -0.25) is 9.59 Å². The van der Waals surface area contributed by atoms with Gasteiger partial charge in [-0.2, -0.15) is 0 Å². The van der Waals surface area contributed by atoms with Crippen LogP contribution < -0.4 is 24.8 Å². The van der Waals surface area contributed by atoms with Gasteiger partial charge in [0, 0.05) is 48.8 Å². The van der Waals surface area contributed by atoms with Gasteiger partial charge in [0.15, 0.2) is 5.12 Å². The Bertz CT molecular complexity index is 1510. The third-order valence-corrected chi connectivity index (χ3v) is 8.89. The zero-order valence-electron chi connectivity index (χ0n) is 26.7. The van der Waals surface area contributed by atoms with E-state index in [2.05, 4.69) is 10.6 Å². The molecule has 0 bridgehead atoms. The number of carboxylic acid groups (broad SMARTS) is 1. The number of fused-ring (bicyclic) bond motifs is 3. The summed E-state index contributed by atoms with van der Waals surface area (Å²) < 4.78 is 21.6. The lowest BCUT2D eigenvalue weighted by atomic mass is 9.98. The third kappa shape index (κ3) is 9.41. The van der Waals surface area contributed by atoms with Crippen LogP contribution in [0.5, 0.6) is 17.2 Å². The summed E-state index contributed by atoms with van der Waals surface area (Å²) in [5, 5.41) is 14.7. The normalized spacial score (nSPS) is 12.3. The van der Waals surface area contributed by atoms with Gasteiger partial charge in [0.25, 0.3) is 0 Å². The van der Waals surface area contributed by atoms with Crippen molar-refractivity contribution in [1.82, 2.24) is 10.6 Å². The van der Waals surface area contributed by atoms with E-state index in [4.69, 9.17) is 18.9 Å². The molecule has 0 unspecified atom stereocenters. The van der Waals surface area contributed by atoms with E-state index in [-0.39, 0.29) is 42.8 Å². The summed E-state index contributed by atoms with van der Waals surface area (Å²) in [4.78, 5) is 49.1. The molecule has 11 nitrogen and oxygen atoms in total. The van der Waals surface area contributed by atoms with Gasteiger partial charge in [-0.1, -0.05) is 60.3 Å². The number of carbonyl (C=O) groups excluding carboxylic acids is 3. The number of hydrogen-bond acceptors (Lipinski definition) is 9. The van der Waals surface area contributed by atoms with E-state index in [0.29, 0.717) is 48.0 Å². The summed E-state index contributed by atoms with van der Waals surface area (Å²) in [5.41, 5.74) is 5.05. The molecule has 47 heavy (non-hydrogen) atoms. The fraction of sp³-hybridized carbons (Fsp3) is 0.371. The van der Waals surface area contributed by atoms with Crippen LogP contribution in [0, 0.1) is 0 Å². The maximum atomic E-state index is 12.6. The molecule has 3 aromatic carbocycles. The fourth-order valence-electron chi connectivity index (χ4n) is 5.49. The van der Waals surface area contributed by atoms with Gasteiger partial charge >= 0.3 is 12.1 Å². The largest absolute Gasteiger partial charge is 0.496 e. The van der Waals surface area contributed by atoms with Crippen molar-refractivity contribution in [3.8, 4) is 28.4 Å². The third-order valence-electron chi connectivity index (χ3n) is 7.93. The van der Waals surface area contributed by atoms with Gasteiger partial charge in [-0.05, 0) is 41.5 Å². The number of amides is 2. The second kappa shape index (κ2) is 17.3. The van der Waals surface area contributed by atoms with Crippen molar-refractivity contribution < 1.29 is 43.2 Å². The highest BCUT2D eigenvalue weighted by Gasteiger charge is 2.29. The molecule has 0 aliphatic heterocycles. The number of thioether (sulfide) groups is 1. The average Bonchev–Trinajstić information content (AvgIpc) is 3.41. The number of alkyl carbamates (subject to hydrolysis) is 1. The predicted octanol–water partition coefficient (Wildman–Crippen LogP) is 5.53. The van der Waals surface area contributed by atoms with Gasteiger partial charge in [-0.25, -0.2) is 9.59 Å². The van der Waals surface area contributed by atoms with Gasteiger partial charge in [0.1, 0.15) is 29.9 Å². The summed E-state index contributed by atoms with van der Waals surface area (Å²) >= 11 is 1.07. The number of carbonyl (C=O) groups is 4. The zero-order chi connectivity index (χ0) is 33.8. The van der Waals surface area contributed by atoms with E-state index >= 15 is 0 Å². The lowest BCUT2D eigenvalue weighted by Gasteiger charge is -2.17. The number of nitrogens with one attached hydrogen (secondary N) is 2. The Kier molecular flexibility index (Phi) is 12.9. The lowest BCUT2D eigenvalue weighted by Crippen LogP contribution is -2.41. The van der Waals surface area contributed by atoms with Crippen molar-refractivity contribution in [1.29, 1.82) is 0 Å². The van der Waals surface area contributed by atoms with Gasteiger partial charge < -0.3 is 34.7 Å². The molecule has 0 spiro atoms. The summed E-state index contributed by atoms with van der Waals surface area (Å²) in [6.07, 6.45) is 0.414. The molecule has 250 valence electrons. The Morgan fingerprint density at radius 1 is 0.851 bits per heavy atom. The molecule has 0 aromatic heterocycles. The van der Waals surface area contributed by atoms with E-state index in [1.54, 1.807) is 12.1 Å². The Balaban J connectivity index is 1.13. The number of unbranched alkanes of at least 4 members (excludes halogenated alkanes) is 1.